The van der Waals surface area contributed by atoms with E-state index in [2.05, 4.69) is 5.32 Å². The summed E-state index contributed by atoms with van der Waals surface area (Å²) in [5, 5.41) is 12.2. The van der Waals surface area contributed by atoms with Crippen LogP contribution in [-0.4, -0.2) is 25.0 Å². The van der Waals surface area contributed by atoms with E-state index in [0.717, 1.165) is 25.1 Å². The molecule has 0 radical (unpaired) electrons. The van der Waals surface area contributed by atoms with Gasteiger partial charge in [-0.1, -0.05) is 13.8 Å². The van der Waals surface area contributed by atoms with E-state index in [1.165, 1.54) is 12.1 Å². The third-order valence-electron chi connectivity index (χ3n) is 3.71. The van der Waals surface area contributed by atoms with Crippen molar-refractivity contribution >= 4 is 11.6 Å². The minimum absolute atomic E-state index is 0.0409. The van der Waals surface area contributed by atoms with Gasteiger partial charge in [-0.05, 0) is 31.0 Å². The molecule has 0 aromatic heterocycles. The molecule has 0 bridgehead atoms. The van der Waals surface area contributed by atoms with E-state index >= 15 is 0 Å². The molecule has 112 valence electrons. The van der Waals surface area contributed by atoms with Crippen LogP contribution in [0.1, 0.15) is 32.3 Å². The number of nitriles is 1. The van der Waals surface area contributed by atoms with E-state index in [9.17, 15) is 9.18 Å². The van der Waals surface area contributed by atoms with E-state index in [1.54, 1.807) is 6.07 Å². The fourth-order valence-electron chi connectivity index (χ4n) is 2.56. The lowest BCUT2D eigenvalue weighted by molar-refractivity contribution is -0.124. The number of hydrogen-bond acceptors (Lipinski definition) is 3. The molecule has 21 heavy (non-hydrogen) atoms. The van der Waals surface area contributed by atoms with Crippen LogP contribution in [0.2, 0.25) is 0 Å². The molecule has 0 spiro atoms. The van der Waals surface area contributed by atoms with Gasteiger partial charge in [0.2, 0.25) is 5.91 Å². The highest BCUT2D eigenvalue weighted by Crippen LogP contribution is 2.24. The Kier molecular flexibility index (Phi) is 4.79. The van der Waals surface area contributed by atoms with Crippen molar-refractivity contribution in [1.29, 1.82) is 5.26 Å². The van der Waals surface area contributed by atoms with E-state index in [-0.39, 0.29) is 17.9 Å². The number of nitrogens with one attached hydrogen (secondary N) is 1. The quantitative estimate of drug-likeness (QED) is 0.930. The molecule has 4 nitrogen and oxygen atoms in total. The molecular weight excluding hydrogens is 269 g/mol. The van der Waals surface area contributed by atoms with Crippen LogP contribution in [0.25, 0.3) is 0 Å². The van der Waals surface area contributed by atoms with E-state index in [1.807, 2.05) is 24.8 Å². The van der Waals surface area contributed by atoms with Gasteiger partial charge < -0.3 is 10.2 Å². The molecule has 2 rings (SSSR count). The zero-order valence-corrected chi connectivity index (χ0v) is 12.4. The third kappa shape index (κ3) is 3.72. The van der Waals surface area contributed by atoms with Crippen LogP contribution in [0.5, 0.6) is 0 Å². The molecule has 1 atom stereocenters. The first-order valence-corrected chi connectivity index (χ1v) is 7.26. The first-order valence-electron chi connectivity index (χ1n) is 7.26. The highest BCUT2D eigenvalue weighted by molar-refractivity contribution is 5.78. The smallest absolute Gasteiger partial charge is 0.222 e. The maximum Gasteiger partial charge on any atom is 0.222 e. The van der Waals surface area contributed by atoms with Crippen LogP contribution in [-0.2, 0) is 4.79 Å². The molecule has 1 heterocycles. The monoisotopic (exact) mass is 289 g/mol. The molecule has 1 fully saturated rings. The van der Waals surface area contributed by atoms with Gasteiger partial charge in [0, 0.05) is 25.0 Å². The van der Waals surface area contributed by atoms with Crippen LogP contribution < -0.4 is 10.2 Å². The molecule has 0 aliphatic carbocycles. The molecule has 1 aromatic rings. The number of anilines is 1. The summed E-state index contributed by atoms with van der Waals surface area (Å²) in [6.45, 7) is 5.19. The summed E-state index contributed by atoms with van der Waals surface area (Å²) < 4.78 is 13.2. The second kappa shape index (κ2) is 6.57. The molecule has 1 unspecified atom stereocenters. The van der Waals surface area contributed by atoms with Crippen LogP contribution in [0.3, 0.4) is 0 Å². The van der Waals surface area contributed by atoms with Gasteiger partial charge in [0.05, 0.1) is 11.3 Å². The number of carbonyl (C=O) groups is 1. The number of piperidine rings is 1. The molecule has 1 aliphatic heterocycles. The Morgan fingerprint density at radius 1 is 1.52 bits per heavy atom. The van der Waals surface area contributed by atoms with Crippen molar-refractivity contribution in [3.8, 4) is 6.07 Å². The number of carbonyl (C=O) groups excluding carboxylic acids is 1. The van der Waals surface area contributed by atoms with Crippen LogP contribution in [0, 0.1) is 23.1 Å². The molecule has 1 aliphatic rings. The zero-order chi connectivity index (χ0) is 15.4. The minimum Gasteiger partial charge on any atom is -0.368 e. The topological polar surface area (TPSA) is 56.1 Å². The van der Waals surface area contributed by atoms with Crippen molar-refractivity contribution < 1.29 is 9.18 Å². The average molecular weight is 289 g/mol. The summed E-state index contributed by atoms with van der Waals surface area (Å²) in [7, 11) is 0. The Morgan fingerprint density at radius 3 is 2.95 bits per heavy atom. The second-order valence-corrected chi connectivity index (χ2v) is 5.72. The zero-order valence-electron chi connectivity index (χ0n) is 12.4. The molecular formula is C16H20FN3O. The van der Waals surface area contributed by atoms with Gasteiger partial charge in [-0.3, -0.25) is 4.79 Å². The van der Waals surface area contributed by atoms with Gasteiger partial charge in [0.25, 0.3) is 0 Å². The Bertz CT molecular complexity index is 565. The predicted octanol–water partition coefficient (Wildman–Crippen LogP) is 2.44. The lowest BCUT2D eigenvalue weighted by atomic mass is 10.0. The third-order valence-corrected chi connectivity index (χ3v) is 3.71. The van der Waals surface area contributed by atoms with Crippen LogP contribution in [0.15, 0.2) is 18.2 Å². The summed E-state index contributed by atoms with van der Waals surface area (Å²) >= 11 is 0. The first kappa shape index (κ1) is 15.3. The van der Waals surface area contributed by atoms with Gasteiger partial charge in [-0.25, -0.2) is 4.39 Å². The molecule has 1 aromatic carbocycles. The number of nitrogens with zero attached hydrogens (tertiary/aromatic N) is 2. The number of amides is 1. The minimum atomic E-state index is -0.406. The molecule has 1 N–H and O–H groups in total. The van der Waals surface area contributed by atoms with Gasteiger partial charge in [-0.15, -0.1) is 0 Å². The highest BCUT2D eigenvalue weighted by Gasteiger charge is 2.24. The Morgan fingerprint density at radius 2 is 2.29 bits per heavy atom. The SMILES string of the molecule is CC(C)C(=O)NC1CCCN(c2ccc(F)cc2C#N)C1. The lowest BCUT2D eigenvalue weighted by Gasteiger charge is -2.35. The highest BCUT2D eigenvalue weighted by atomic mass is 19.1. The molecule has 5 heteroatoms. The number of hydrogen-bond donors (Lipinski definition) is 1. The molecule has 1 saturated heterocycles. The van der Waals surface area contributed by atoms with Gasteiger partial charge in [0.1, 0.15) is 11.9 Å². The summed E-state index contributed by atoms with van der Waals surface area (Å²) in [5.41, 5.74) is 1.08. The molecule has 1 amide bonds. The van der Waals surface area contributed by atoms with E-state index < -0.39 is 5.82 Å². The van der Waals surface area contributed by atoms with Crippen molar-refractivity contribution in [1.82, 2.24) is 5.32 Å². The van der Waals surface area contributed by atoms with Crippen molar-refractivity contribution in [3.63, 3.8) is 0 Å². The van der Waals surface area contributed by atoms with Crippen LogP contribution in [0.4, 0.5) is 10.1 Å². The fraction of sp³-hybridized carbons (Fsp3) is 0.500. The number of rotatable bonds is 3. The van der Waals surface area contributed by atoms with E-state index in [0.29, 0.717) is 12.1 Å². The lowest BCUT2D eigenvalue weighted by Crippen LogP contribution is -2.49. The second-order valence-electron chi connectivity index (χ2n) is 5.72. The van der Waals surface area contributed by atoms with Crippen molar-refractivity contribution in [2.75, 3.05) is 18.0 Å². The maximum absolute atomic E-state index is 13.2. The van der Waals surface area contributed by atoms with E-state index in [4.69, 9.17) is 5.26 Å². The largest absolute Gasteiger partial charge is 0.368 e. The van der Waals surface area contributed by atoms with Gasteiger partial charge in [-0.2, -0.15) is 5.26 Å². The summed E-state index contributed by atoms with van der Waals surface area (Å²) in [6, 6.07) is 6.38. The number of benzene rings is 1. The standard InChI is InChI=1S/C16H20FN3O/c1-11(2)16(21)19-14-4-3-7-20(10-14)15-6-5-13(17)8-12(15)9-18/h5-6,8,11,14H,3-4,7,10H2,1-2H3,(H,19,21). The van der Waals surface area contributed by atoms with Crippen molar-refractivity contribution in [3.05, 3.63) is 29.6 Å². The maximum atomic E-state index is 13.2. The number of halogens is 1. The van der Waals surface area contributed by atoms with Gasteiger partial charge >= 0.3 is 0 Å². The average Bonchev–Trinajstić information content (AvgIpc) is 2.47. The van der Waals surface area contributed by atoms with Crippen molar-refractivity contribution in [2.45, 2.75) is 32.7 Å². The Labute approximate surface area is 124 Å². The Hall–Kier alpha value is -2.09. The van der Waals surface area contributed by atoms with Crippen molar-refractivity contribution in [2.24, 2.45) is 5.92 Å². The summed E-state index contributed by atoms with van der Waals surface area (Å²) in [5.74, 6) is -0.403. The Balaban J connectivity index is 2.11. The van der Waals surface area contributed by atoms with Gasteiger partial charge in [0.15, 0.2) is 0 Å². The fourth-order valence-corrected chi connectivity index (χ4v) is 2.56. The summed E-state index contributed by atoms with van der Waals surface area (Å²) in [6.07, 6.45) is 1.86. The normalized spacial score (nSPS) is 18.4. The predicted molar refractivity (Wildman–Crippen MR) is 79.3 cm³/mol. The molecule has 0 saturated carbocycles. The van der Waals surface area contributed by atoms with Crippen LogP contribution >= 0.6 is 0 Å². The first-order chi connectivity index (χ1) is 10.0. The summed E-state index contributed by atoms with van der Waals surface area (Å²) in [4.78, 5) is 13.8.